The summed E-state index contributed by atoms with van der Waals surface area (Å²) >= 11 is 0. The highest BCUT2D eigenvalue weighted by atomic mass is 19.2. The second-order valence-corrected chi connectivity index (χ2v) is 3.99. The Balaban J connectivity index is 2.48. The van der Waals surface area contributed by atoms with Crippen molar-refractivity contribution in [2.24, 2.45) is 0 Å². The zero-order valence-electron chi connectivity index (χ0n) is 9.01. The summed E-state index contributed by atoms with van der Waals surface area (Å²) in [7, 11) is 0. The molecule has 0 saturated heterocycles. The lowest BCUT2D eigenvalue weighted by molar-refractivity contribution is 0.468. The highest BCUT2D eigenvalue weighted by molar-refractivity contribution is 5.93. The summed E-state index contributed by atoms with van der Waals surface area (Å²) < 4.78 is 30.0. The van der Waals surface area contributed by atoms with Crippen molar-refractivity contribution in [1.82, 2.24) is 18.8 Å². The van der Waals surface area contributed by atoms with Gasteiger partial charge < -0.3 is 0 Å². The fraction of sp³-hybridized carbons (Fsp3) is 0. The monoisotopic (exact) mass is 244 g/mol. The average Bonchev–Trinajstić information content (AvgIpc) is 2.96. The Morgan fingerprint density at radius 2 is 1.94 bits per heavy atom. The van der Waals surface area contributed by atoms with E-state index in [1.165, 1.54) is 6.20 Å². The summed E-state index contributed by atoms with van der Waals surface area (Å²) in [6, 6.07) is 7.29. The normalized spacial score (nSPS) is 11.9. The Morgan fingerprint density at radius 3 is 2.83 bits per heavy atom. The third-order valence-corrected chi connectivity index (χ3v) is 3.03. The fourth-order valence-corrected chi connectivity index (χ4v) is 2.28. The molecule has 0 atom stereocenters. The van der Waals surface area contributed by atoms with E-state index >= 15 is 0 Å². The number of para-hydroxylation sites is 1. The third-order valence-electron chi connectivity index (χ3n) is 3.03. The predicted molar refractivity (Wildman–Crippen MR) is 61.4 cm³/mol. The van der Waals surface area contributed by atoms with Gasteiger partial charge in [-0.05, 0) is 12.1 Å². The van der Waals surface area contributed by atoms with Crippen molar-refractivity contribution in [2.75, 3.05) is 0 Å². The van der Waals surface area contributed by atoms with Crippen LogP contribution in [0.15, 0.2) is 36.8 Å². The van der Waals surface area contributed by atoms with Crippen LogP contribution in [0.2, 0.25) is 0 Å². The molecule has 1 aromatic carbocycles. The molecule has 0 N–H and O–H groups in total. The molecule has 0 amide bonds. The molecule has 3 heterocycles. The van der Waals surface area contributed by atoms with E-state index in [0.717, 1.165) is 9.92 Å². The predicted octanol–water partition coefficient (Wildman–Crippen LogP) is 2.41. The molecule has 0 unspecified atom stereocenters. The van der Waals surface area contributed by atoms with Crippen LogP contribution in [0.5, 0.6) is 0 Å². The first-order chi connectivity index (χ1) is 8.77. The molecule has 0 aliphatic carbocycles. The lowest BCUT2D eigenvalue weighted by atomic mass is 10.2. The molecule has 0 fully saturated rings. The van der Waals surface area contributed by atoms with Crippen LogP contribution in [0.4, 0.5) is 8.78 Å². The van der Waals surface area contributed by atoms with E-state index in [4.69, 9.17) is 0 Å². The van der Waals surface area contributed by atoms with E-state index in [1.54, 1.807) is 22.9 Å². The molecule has 18 heavy (non-hydrogen) atoms. The Hall–Kier alpha value is -2.50. The van der Waals surface area contributed by atoms with Gasteiger partial charge in [0.15, 0.2) is 5.65 Å². The molecule has 0 bridgehead atoms. The van der Waals surface area contributed by atoms with Crippen LogP contribution in [0.25, 0.3) is 22.2 Å². The van der Waals surface area contributed by atoms with E-state index in [0.29, 0.717) is 11.0 Å². The Kier molecular flexibility index (Phi) is 1.61. The zero-order valence-corrected chi connectivity index (χ0v) is 9.01. The van der Waals surface area contributed by atoms with Gasteiger partial charge in [0.1, 0.15) is 12.0 Å². The van der Waals surface area contributed by atoms with E-state index in [-0.39, 0.29) is 5.65 Å². The van der Waals surface area contributed by atoms with E-state index in [2.05, 4.69) is 9.97 Å². The number of aromatic nitrogens is 4. The molecule has 0 saturated carbocycles. The van der Waals surface area contributed by atoms with Gasteiger partial charge in [-0.2, -0.15) is 13.8 Å². The zero-order chi connectivity index (χ0) is 12.3. The second kappa shape index (κ2) is 3.04. The number of nitrogens with zero attached hydrogens (tertiary/aromatic N) is 4. The van der Waals surface area contributed by atoms with E-state index in [1.807, 2.05) is 12.1 Å². The average molecular weight is 244 g/mol. The summed E-state index contributed by atoms with van der Waals surface area (Å²) in [5.74, 6) is -2.10. The quantitative estimate of drug-likeness (QED) is 0.476. The summed E-state index contributed by atoms with van der Waals surface area (Å²) in [6.45, 7) is 0. The van der Waals surface area contributed by atoms with Crippen LogP contribution in [-0.2, 0) is 0 Å². The second-order valence-electron chi connectivity index (χ2n) is 3.99. The summed E-state index contributed by atoms with van der Waals surface area (Å²) in [6.07, 6.45) is 3.04. The number of hydrogen-bond donors (Lipinski definition) is 0. The molecular formula is C12H6F2N4. The van der Waals surface area contributed by atoms with Crippen molar-refractivity contribution in [3.05, 3.63) is 48.7 Å². The molecule has 4 rings (SSSR count). The largest absolute Gasteiger partial charge is 0.284 e. The van der Waals surface area contributed by atoms with Gasteiger partial charge >= 0.3 is 0 Å². The van der Waals surface area contributed by atoms with Crippen LogP contribution >= 0.6 is 0 Å². The molecule has 0 spiro atoms. The molecule has 4 nitrogen and oxygen atoms in total. The van der Waals surface area contributed by atoms with Crippen LogP contribution in [0.1, 0.15) is 0 Å². The van der Waals surface area contributed by atoms with Crippen molar-refractivity contribution >= 4 is 22.2 Å². The van der Waals surface area contributed by atoms with Crippen LogP contribution in [0, 0.1) is 11.9 Å². The summed E-state index contributed by atoms with van der Waals surface area (Å²) in [5.41, 5.74) is 1.51. The highest BCUT2D eigenvalue weighted by Crippen LogP contribution is 2.24. The first-order valence-electron chi connectivity index (χ1n) is 5.33. The first-order valence-corrected chi connectivity index (χ1v) is 5.33. The molecule has 6 heteroatoms. The third kappa shape index (κ3) is 0.976. The summed E-state index contributed by atoms with van der Waals surface area (Å²) in [4.78, 5) is 7.63. The van der Waals surface area contributed by atoms with Gasteiger partial charge in [-0.1, -0.05) is 12.1 Å². The SMILES string of the molecule is Fc1nc2c3ccccc3n3cncc3n2c1F. The minimum Gasteiger partial charge on any atom is -0.284 e. The van der Waals surface area contributed by atoms with Gasteiger partial charge in [0.25, 0.3) is 11.9 Å². The smallest absolute Gasteiger partial charge is 0.269 e. The van der Waals surface area contributed by atoms with Crippen LogP contribution in [-0.4, -0.2) is 18.8 Å². The van der Waals surface area contributed by atoms with Crippen LogP contribution < -0.4 is 0 Å². The van der Waals surface area contributed by atoms with Crippen molar-refractivity contribution in [1.29, 1.82) is 0 Å². The maximum Gasteiger partial charge on any atom is 0.269 e. The van der Waals surface area contributed by atoms with Crippen molar-refractivity contribution < 1.29 is 8.78 Å². The number of imidazole rings is 2. The fourth-order valence-electron chi connectivity index (χ4n) is 2.28. The minimum atomic E-state index is -1.10. The van der Waals surface area contributed by atoms with Gasteiger partial charge in [0.2, 0.25) is 0 Å². The number of rotatable bonds is 0. The Bertz CT molecular complexity index is 907. The lowest BCUT2D eigenvalue weighted by Gasteiger charge is -2.05. The molecule has 0 radical (unpaired) electrons. The standard InChI is InChI=1S/C12H6F2N4/c13-10-11(14)18-9-5-15-6-17(9)8-4-2-1-3-7(8)12(18)16-10/h1-6H. The number of benzene rings is 1. The molecular weight excluding hydrogens is 238 g/mol. The molecule has 0 aliphatic heterocycles. The molecule has 4 aromatic rings. The first kappa shape index (κ1) is 9.52. The van der Waals surface area contributed by atoms with Crippen molar-refractivity contribution in [3.8, 4) is 0 Å². The summed E-state index contributed by atoms with van der Waals surface area (Å²) in [5, 5.41) is 0.672. The number of halogens is 2. The number of hydrogen-bond acceptors (Lipinski definition) is 2. The van der Waals surface area contributed by atoms with Gasteiger partial charge in [0.05, 0.1) is 11.7 Å². The highest BCUT2D eigenvalue weighted by Gasteiger charge is 2.17. The van der Waals surface area contributed by atoms with Gasteiger partial charge in [0, 0.05) is 5.39 Å². The van der Waals surface area contributed by atoms with Crippen molar-refractivity contribution in [2.45, 2.75) is 0 Å². The van der Waals surface area contributed by atoms with E-state index in [9.17, 15) is 8.78 Å². The number of fused-ring (bicyclic) bond motifs is 6. The maximum atomic E-state index is 13.8. The van der Waals surface area contributed by atoms with Gasteiger partial charge in [-0.15, -0.1) is 0 Å². The minimum absolute atomic E-state index is 0.258. The Labute approximate surface area is 99.1 Å². The van der Waals surface area contributed by atoms with Crippen molar-refractivity contribution in [3.63, 3.8) is 0 Å². The van der Waals surface area contributed by atoms with Gasteiger partial charge in [-0.3, -0.25) is 4.40 Å². The van der Waals surface area contributed by atoms with Gasteiger partial charge in [-0.25, -0.2) is 9.38 Å². The van der Waals surface area contributed by atoms with Crippen LogP contribution in [0.3, 0.4) is 0 Å². The molecule has 3 aromatic heterocycles. The van der Waals surface area contributed by atoms with E-state index < -0.39 is 11.9 Å². The lowest BCUT2D eigenvalue weighted by Crippen LogP contribution is -1.98. The maximum absolute atomic E-state index is 13.8. The molecule has 0 aliphatic rings. The Morgan fingerprint density at radius 1 is 1.11 bits per heavy atom. The topological polar surface area (TPSA) is 34.6 Å². The molecule has 88 valence electrons.